The third kappa shape index (κ3) is 3.72. The topological polar surface area (TPSA) is 34.1 Å². The van der Waals surface area contributed by atoms with E-state index in [-0.39, 0.29) is 5.02 Å². The third-order valence-corrected chi connectivity index (χ3v) is 3.62. The Hall–Kier alpha value is -0.530. The summed E-state index contributed by atoms with van der Waals surface area (Å²) < 4.78 is 72.2. The van der Waals surface area contributed by atoms with Crippen molar-refractivity contribution >= 4 is 31.3 Å². The van der Waals surface area contributed by atoms with Gasteiger partial charge in [-0.1, -0.05) is 11.6 Å². The first-order chi connectivity index (χ1) is 7.51. The minimum Gasteiger partial charge on any atom is -0.211 e. The molecule has 0 N–H and O–H groups in total. The second kappa shape index (κ2) is 4.62. The fourth-order valence-corrected chi connectivity index (χ4v) is 2.86. The Morgan fingerprint density at radius 2 is 1.71 bits per heavy atom. The lowest BCUT2D eigenvalue weighted by molar-refractivity contribution is -0.131. The molecular weight excluding hydrogens is 307 g/mol. The van der Waals surface area contributed by atoms with Crippen molar-refractivity contribution in [1.82, 2.24) is 0 Å². The highest BCUT2D eigenvalue weighted by molar-refractivity contribution is 8.14. The summed E-state index contributed by atoms with van der Waals surface area (Å²) in [6.45, 7) is 0. The molecule has 0 aliphatic carbocycles. The van der Waals surface area contributed by atoms with Gasteiger partial charge in [0.05, 0.1) is 0 Å². The van der Waals surface area contributed by atoms with E-state index in [1.807, 2.05) is 0 Å². The third-order valence-electron chi connectivity index (χ3n) is 1.77. The van der Waals surface area contributed by atoms with Gasteiger partial charge in [-0.25, -0.2) is 12.8 Å². The van der Waals surface area contributed by atoms with Crippen LogP contribution in [0.25, 0.3) is 0 Å². The second-order valence-corrected chi connectivity index (χ2v) is 6.25. The van der Waals surface area contributed by atoms with Gasteiger partial charge in [-0.05, 0) is 23.8 Å². The number of hydrogen-bond donors (Lipinski definition) is 0. The minimum absolute atomic E-state index is 0.352. The fourth-order valence-electron chi connectivity index (χ4n) is 1.24. The molecule has 1 rings (SSSR count). The lowest BCUT2D eigenvalue weighted by Gasteiger charge is -2.17. The van der Waals surface area contributed by atoms with Crippen LogP contribution in [0, 0.1) is 5.82 Å². The highest BCUT2D eigenvalue weighted by atomic mass is 35.7. The Labute approximate surface area is 104 Å². The first kappa shape index (κ1) is 14.5. The van der Waals surface area contributed by atoms with Crippen LogP contribution < -0.4 is 0 Å². The zero-order chi connectivity index (χ0) is 13.4. The average molecular weight is 311 g/mol. The van der Waals surface area contributed by atoms with Crippen LogP contribution in [0.2, 0.25) is 5.02 Å². The van der Waals surface area contributed by atoms with E-state index in [9.17, 15) is 26.0 Å². The summed E-state index contributed by atoms with van der Waals surface area (Å²) in [4.78, 5) is 0. The summed E-state index contributed by atoms with van der Waals surface area (Å²) in [5, 5.41) is -3.36. The number of hydrogen-bond acceptors (Lipinski definition) is 2. The normalized spacial score (nSPS) is 14.7. The first-order valence-electron chi connectivity index (χ1n) is 3.98. The van der Waals surface area contributed by atoms with Crippen molar-refractivity contribution in [2.24, 2.45) is 0 Å². The highest BCUT2D eigenvalue weighted by Gasteiger charge is 2.49. The highest BCUT2D eigenvalue weighted by Crippen LogP contribution is 2.41. The molecule has 2 nitrogen and oxygen atoms in total. The molecule has 0 saturated carbocycles. The molecule has 0 heterocycles. The summed E-state index contributed by atoms with van der Waals surface area (Å²) in [6.07, 6.45) is -5.16. The van der Waals surface area contributed by atoms with Crippen molar-refractivity contribution < 1.29 is 26.0 Å². The van der Waals surface area contributed by atoms with Crippen LogP contribution in [-0.4, -0.2) is 14.6 Å². The summed E-state index contributed by atoms with van der Waals surface area (Å²) in [5.41, 5.74) is -0.863. The maximum Gasteiger partial charge on any atom is 0.410 e. The van der Waals surface area contributed by atoms with Crippen molar-refractivity contribution in [3.8, 4) is 0 Å². The van der Waals surface area contributed by atoms with Gasteiger partial charge >= 0.3 is 6.18 Å². The van der Waals surface area contributed by atoms with Crippen LogP contribution in [0.3, 0.4) is 0 Å². The largest absolute Gasteiger partial charge is 0.410 e. The molecule has 0 amide bonds. The van der Waals surface area contributed by atoms with Crippen LogP contribution in [0.15, 0.2) is 18.2 Å². The molecule has 9 heteroatoms. The van der Waals surface area contributed by atoms with E-state index in [0.717, 1.165) is 6.07 Å². The Morgan fingerprint density at radius 1 is 1.18 bits per heavy atom. The van der Waals surface area contributed by atoms with Gasteiger partial charge in [-0.2, -0.15) is 13.2 Å². The molecule has 0 spiro atoms. The smallest absolute Gasteiger partial charge is 0.211 e. The molecule has 0 saturated heterocycles. The SMILES string of the molecule is O=S(=O)(Cl)C(c1cc(F)cc(Cl)c1)C(F)(F)F. The second-order valence-electron chi connectivity index (χ2n) is 3.10. The molecule has 0 aliphatic rings. The van der Waals surface area contributed by atoms with Gasteiger partial charge in [0.25, 0.3) is 0 Å². The summed E-state index contributed by atoms with van der Waals surface area (Å²) in [7, 11) is -0.278. The molecule has 1 atom stereocenters. The van der Waals surface area contributed by atoms with E-state index < -0.39 is 31.9 Å². The van der Waals surface area contributed by atoms with Gasteiger partial charge < -0.3 is 0 Å². The van der Waals surface area contributed by atoms with Gasteiger partial charge in [-0.15, -0.1) is 0 Å². The Morgan fingerprint density at radius 3 is 2.06 bits per heavy atom. The monoisotopic (exact) mass is 310 g/mol. The molecule has 1 aromatic rings. The quantitative estimate of drug-likeness (QED) is 0.617. The number of halogens is 6. The van der Waals surface area contributed by atoms with Crippen LogP contribution in [0.5, 0.6) is 0 Å². The average Bonchev–Trinajstić information content (AvgIpc) is 1.93. The van der Waals surface area contributed by atoms with Gasteiger partial charge in [0, 0.05) is 15.7 Å². The Balaban J connectivity index is 3.44. The molecule has 1 aromatic carbocycles. The molecule has 96 valence electrons. The molecule has 0 aromatic heterocycles. The maximum atomic E-state index is 12.9. The van der Waals surface area contributed by atoms with Crippen molar-refractivity contribution in [2.45, 2.75) is 11.4 Å². The Kier molecular flexibility index (Phi) is 3.95. The molecule has 1 unspecified atom stereocenters. The predicted octanol–water partition coefficient (Wildman–Crippen LogP) is 3.65. The van der Waals surface area contributed by atoms with E-state index in [0.29, 0.717) is 12.1 Å². The molecule has 0 bridgehead atoms. The van der Waals surface area contributed by atoms with Crippen LogP contribution >= 0.6 is 22.3 Å². The van der Waals surface area contributed by atoms with E-state index in [4.69, 9.17) is 22.3 Å². The van der Waals surface area contributed by atoms with E-state index >= 15 is 0 Å². The summed E-state index contributed by atoms with van der Waals surface area (Å²) in [6, 6.07) is 1.87. The van der Waals surface area contributed by atoms with Gasteiger partial charge in [0.2, 0.25) is 9.05 Å². The maximum absolute atomic E-state index is 12.9. The zero-order valence-electron chi connectivity index (χ0n) is 7.80. The molecule has 17 heavy (non-hydrogen) atoms. The number of rotatable bonds is 2. The van der Waals surface area contributed by atoms with Crippen molar-refractivity contribution in [3.05, 3.63) is 34.6 Å². The fraction of sp³-hybridized carbons (Fsp3) is 0.250. The van der Waals surface area contributed by atoms with Gasteiger partial charge in [0.1, 0.15) is 5.82 Å². The van der Waals surface area contributed by atoms with Crippen molar-refractivity contribution in [2.75, 3.05) is 0 Å². The molecular formula is C8H4Cl2F4O2S. The summed E-state index contributed by atoms with van der Waals surface area (Å²) in [5.74, 6) is -1.08. The lowest BCUT2D eigenvalue weighted by atomic mass is 10.1. The van der Waals surface area contributed by atoms with Crippen LogP contribution in [-0.2, 0) is 9.05 Å². The number of benzene rings is 1. The van der Waals surface area contributed by atoms with Crippen molar-refractivity contribution in [1.29, 1.82) is 0 Å². The van der Waals surface area contributed by atoms with Gasteiger partial charge in [0.15, 0.2) is 5.25 Å². The van der Waals surface area contributed by atoms with Crippen molar-refractivity contribution in [3.63, 3.8) is 0 Å². The lowest BCUT2D eigenvalue weighted by Crippen LogP contribution is -2.25. The molecule has 0 fully saturated rings. The molecule has 0 aliphatic heterocycles. The van der Waals surface area contributed by atoms with Crippen LogP contribution in [0.4, 0.5) is 17.6 Å². The summed E-state index contributed by atoms with van der Waals surface area (Å²) >= 11 is 5.35. The minimum atomic E-state index is -5.16. The van der Waals surface area contributed by atoms with E-state index in [1.165, 1.54) is 0 Å². The predicted molar refractivity (Wildman–Crippen MR) is 55.0 cm³/mol. The van der Waals surface area contributed by atoms with E-state index in [1.54, 1.807) is 0 Å². The zero-order valence-corrected chi connectivity index (χ0v) is 10.1. The number of alkyl halides is 3. The first-order valence-corrected chi connectivity index (χ1v) is 6.73. The van der Waals surface area contributed by atoms with E-state index in [2.05, 4.69) is 0 Å². The standard InChI is InChI=1S/C8H4Cl2F4O2S/c9-5-1-4(2-6(11)3-5)7(8(12,13)14)17(10,15)16/h1-3,7H. The van der Waals surface area contributed by atoms with Crippen LogP contribution in [0.1, 0.15) is 10.8 Å². The Bertz CT molecular complexity index is 507. The van der Waals surface area contributed by atoms with Gasteiger partial charge in [-0.3, -0.25) is 0 Å². The molecule has 0 radical (unpaired) electrons.